The van der Waals surface area contributed by atoms with Crippen molar-refractivity contribution in [3.63, 3.8) is 0 Å². The van der Waals surface area contributed by atoms with Crippen molar-refractivity contribution in [2.75, 3.05) is 6.26 Å². The Morgan fingerprint density at radius 3 is 2.44 bits per heavy atom. The maximum absolute atomic E-state index is 11.7. The maximum Gasteiger partial charge on any atom is 0.264 e. The predicted molar refractivity (Wildman–Crippen MR) is 134 cm³/mol. The number of aliphatic hydroxyl groups excluding tert-OH is 1. The molecule has 34 heavy (non-hydrogen) atoms. The summed E-state index contributed by atoms with van der Waals surface area (Å²) in [5.41, 5.74) is 0.583. The molecule has 0 bridgehead atoms. The lowest BCUT2D eigenvalue weighted by molar-refractivity contribution is -0.116. The highest BCUT2D eigenvalue weighted by atomic mass is 32.2. The van der Waals surface area contributed by atoms with Crippen LogP contribution in [-0.4, -0.2) is 43.7 Å². The number of epoxide rings is 1. The second kappa shape index (κ2) is 8.43. The molecule has 1 saturated heterocycles. The summed E-state index contributed by atoms with van der Waals surface area (Å²) in [5.74, 6) is 3.75. The smallest absolute Gasteiger partial charge is 0.264 e. The predicted octanol–water partition coefficient (Wildman–Crippen LogP) is 5.55. The Morgan fingerprint density at radius 2 is 1.76 bits per heavy atom. The average molecular weight is 497 g/mol. The van der Waals surface area contributed by atoms with Crippen molar-refractivity contribution < 1.29 is 22.4 Å². The fourth-order valence-electron chi connectivity index (χ4n) is 9.98. The van der Waals surface area contributed by atoms with Crippen LogP contribution in [0.1, 0.15) is 98.8 Å². The zero-order valence-electron chi connectivity index (χ0n) is 22.3. The lowest BCUT2D eigenvalue weighted by Gasteiger charge is -2.59. The highest BCUT2D eigenvalue weighted by molar-refractivity contribution is 7.86. The Morgan fingerprint density at radius 1 is 1.03 bits per heavy atom. The van der Waals surface area contributed by atoms with Gasteiger partial charge in [0, 0.05) is 11.8 Å². The van der Waals surface area contributed by atoms with E-state index in [2.05, 4.69) is 34.6 Å². The standard InChI is InChI=1S/C28H48O5S/c1-17(2)24(33-34(6,30)31)10-7-18(3)21-8-9-22-20-15-25-28(32-25)16-19(29)11-14-27(28,5)23(20)12-13-26(21,22)4/h17-25,29H,7-16H2,1-6H3/t18?,19-,20?,21+,22?,23?,24?,25+,26+,27+,28+/m0/s1. The molecule has 4 aliphatic carbocycles. The van der Waals surface area contributed by atoms with E-state index in [-0.39, 0.29) is 29.1 Å². The molecule has 1 N–H and O–H groups in total. The van der Waals surface area contributed by atoms with Crippen LogP contribution < -0.4 is 0 Å². The summed E-state index contributed by atoms with van der Waals surface area (Å²) in [4.78, 5) is 0. The minimum atomic E-state index is -3.43. The molecule has 5 unspecified atom stereocenters. The minimum absolute atomic E-state index is 0.0314. The van der Waals surface area contributed by atoms with Gasteiger partial charge < -0.3 is 9.84 Å². The third-order valence-electron chi connectivity index (χ3n) is 11.8. The van der Waals surface area contributed by atoms with Crippen LogP contribution in [0.3, 0.4) is 0 Å². The molecule has 4 saturated carbocycles. The molecule has 11 atom stereocenters. The number of hydrogen-bond donors (Lipinski definition) is 1. The molecule has 0 radical (unpaired) electrons. The Hall–Kier alpha value is -0.170. The van der Waals surface area contributed by atoms with Crippen molar-refractivity contribution in [2.24, 2.45) is 46.3 Å². The molecule has 1 heterocycles. The third kappa shape index (κ3) is 3.92. The summed E-state index contributed by atoms with van der Waals surface area (Å²) in [6.07, 6.45) is 12.3. The van der Waals surface area contributed by atoms with E-state index < -0.39 is 10.1 Å². The van der Waals surface area contributed by atoms with Gasteiger partial charge in [-0.05, 0) is 98.7 Å². The number of ether oxygens (including phenoxy) is 1. The van der Waals surface area contributed by atoms with E-state index in [1.807, 2.05) is 0 Å². The molecular formula is C28H48O5S. The number of hydrogen-bond acceptors (Lipinski definition) is 5. The first-order valence-electron chi connectivity index (χ1n) is 14.0. The van der Waals surface area contributed by atoms with Crippen LogP contribution >= 0.6 is 0 Å². The van der Waals surface area contributed by atoms with E-state index in [0.29, 0.717) is 23.4 Å². The van der Waals surface area contributed by atoms with Crippen LogP contribution in [0.5, 0.6) is 0 Å². The van der Waals surface area contributed by atoms with E-state index in [0.717, 1.165) is 49.9 Å². The summed E-state index contributed by atoms with van der Waals surface area (Å²) in [6, 6.07) is 0. The van der Waals surface area contributed by atoms with Gasteiger partial charge in [0.25, 0.3) is 10.1 Å². The Labute approximate surface area is 207 Å². The summed E-state index contributed by atoms with van der Waals surface area (Å²) in [5, 5.41) is 10.4. The molecule has 5 fully saturated rings. The molecule has 1 spiro atoms. The quantitative estimate of drug-likeness (QED) is 0.369. The summed E-state index contributed by atoms with van der Waals surface area (Å²) in [7, 11) is -3.43. The first-order valence-corrected chi connectivity index (χ1v) is 15.9. The SMILES string of the molecule is CC(C)C(CCC(C)[C@H]1CCC2C3C[C@H]4O[C@]45C[C@@H](O)CC[C@]5(C)C3CC[C@@]21C)OS(C)(=O)=O. The molecule has 5 aliphatic rings. The molecule has 6 heteroatoms. The highest BCUT2D eigenvalue weighted by Crippen LogP contribution is 2.74. The van der Waals surface area contributed by atoms with Crippen LogP contribution in [0.4, 0.5) is 0 Å². The van der Waals surface area contributed by atoms with Gasteiger partial charge in [-0.2, -0.15) is 8.42 Å². The van der Waals surface area contributed by atoms with Gasteiger partial charge in [0.05, 0.1) is 24.6 Å². The number of aliphatic hydroxyl groups is 1. The number of rotatable bonds is 7. The van der Waals surface area contributed by atoms with Crippen LogP contribution in [0.2, 0.25) is 0 Å². The topological polar surface area (TPSA) is 76.1 Å². The lowest BCUT2D eigenvalue weighted by atomic mass is 9.44. The van der Waals surface area contributed by atoms with Crippen molar-refractivity contribution in [3.8, 4) is 0 Å². The Kier molecular flexibility index (Phi) is 6.31. The van der Waals surface area contributed by atoms with Crippen molar-refractivity contribution in [1.29, 1.82) is 0 Å². The van der Waals surface area contributed by atoms with E-state index in [1.165, 1.54) is 38.4 Å². The van der Waals surface area contributed by atoms with Crippen LogP contribution in [-0.2, 0) is 19.0 Å². The van der Waals surface area contributed by atoms with Crippen molar-refractivity contribution in [2.45, 2.75) is 123 Å². The Bertz CT molecular complexity index is 887. The van der Waals surface area contributed by atoms with Gasteiger partial charge in [-0.1, -0.05) is 34.6 Å². The van der Waals surface area contributed by atoms with Crippen LogP contribution in [0, 0.1) is 46.3 Å². The van der Waals surface area contributed by atoms with Crippen LogP contribution in [0.15, 0.2) is 0 Å². The first-order chi connectivity index (χ1) is 15.8. The van der Waals surface area contributed by atoms with Gasteiger partial charge in [0.15, 0.2) is 0 Å². The van der Waals surface area contributed by atoms with Gasteiger partial charge in [0.1, 0.15) is 5.60 Å². The lowest BCUT2D eigenvalue weighted by Crippen LogP contribution is -2.58. The molecule has 196 valence electrons. The largest absolute Gasteiger partial charge is 0.393 e. The Balaban J connectivity index is 1.28. The van der Waals surface area contributed by atoms with Gasteiger partial charge in [-0.3, -0.25) is 4.18 Å². The van der Waals surface area contributed by atoms with Crippen LogP contribution in [0.25, 0.3) is 0 Å². The second-order valence-electron chi connectivity index (χ2n) is 13.8. The average Bonchev–Trinajstić information content (AvgIpc) is 3.31. The van der Waals surface area contributed by atoms with Gasteiger partial charge in [-0.15, -0.1) is 0 Å². The number of fused-ring (bicyclic) bond motifs is 4. The van der Waals surface area contributed by atoms with Gasteiger partial charge in [-0.25, -0.2) is 0 Å². The monoisotopic (exact) mass is 496 g/mol. The highest BCUT2D eigenvalue weighted by Gasteiger charge is 2.76. The fraction of sp³-hybridized carbons (Fsp3) is 1.00. The van der Waals surface area contributed by atoms with Gasteiger partial charge in [0.2, 0.25) is 0 Å². The summed E-state index contributed by atoms with van der Waals surface area (Å²) >= 11 is 0. The molecule has 0 aromatic heterocycles. The minimum Gasteiger partial charge on any atom is -0.393 e. The zero-order valence-corrected chi connectivity index (χ0v) is 23.1. The summed E-state index contributed by atoms with van der Waals surface area (Å²) in [6.45, 7) is 11.6. The van der Waals surface area contributed by atoms with E-state index in [4.69, 9.17) is 8.92 Å². The van der Waals surface area contributed by atoms with E-state index in [1.54, 1.807) is 0 Å². The van der Waals surface area contributed by atoms with E-state index in [9.17, 15) is 13.5 Å². The molecule has 0 aromatic carbocycles. The second-order valence-corrected chi connectivity index (χ2v) is 15.4. The third-order valence-corrected chi connectivity index (χ3v) is 12.4. The van der Waals surface area contributed by atoms with E-state index >= 15 is 0 Å². The molecule has 1 aliphatic heterocycles. The normalized spacial score (nSPS) is 49.5. The maximum atomic E-state index is 11.7. The molecule has 5 rings (SSSR count). The zero-order chi connectivity index (χ0) is 24.7. The molecule has 0 aromatic rings. The van der Waals surface area contributed by atoms with Gasteiger partial charge >= 0.3 is 0 Å². The van der Waals surface area contributed by atoms with Crippen molar-refractivity contribution >= 4 is 10.1 Å². The first kappa shape index (κ1) is 25.5. The molecular weight excluding hydrogens is 448 g/mol. The molecule has 5 nitrogen and oxygen atoms in total. The summed E-state index contributed by atoms with van der Waals surface area (Å²) < 4.78 is 35.4. The van der Waals surface area contributed by atoms with Crippen molar-refractivity contribution in [1.82, 2.24) is 0 Å². The molecule has 0 amide bonds. The fourth-order valence-corrected chi connectivity index (χ4v) is 10.7. The van der Waals surface area contributed by atoms with Crippen molar-refractivity contribution in [3.05, 3.63) is 0 Å².